The summed E-state index contributed by atoms with van der Waals surface area (Å²) in [6, 6.07) is 14.1. The van der Waals surface area contributed by atoms with E-state index in [0.29, 0.717) is 6.54 Å². The molecule has 0 aliphatic heterocycles. The van der Waals surface area contributed by atoms with Gasteiger partial charge in [-0.1, -0.05) is 30.3 Å². The monoisotopic (exact) mass is 479 g/mol. The molecular formula is C20H26IN5O. The van der Waals surface area contributed by atoms with Crippen LogP contribution in [0.15, 0.2) is 64.3 Å². The molecule has 2 N–H and O–H groups in total. The second-order valence-corrected chi connectivity index (χ2v) is 5.99. The molecule has 0 bridgehead atoms. The average molecular weight is 479 g/mol. The number of hydrogen-bond acceptors (Lipinski definition) is 3. The Balaban J connectivity index is 0.00000261. The van der Waals surface area contributed by atoms with Crippen molar-refractivity contribution < 1.29 is 4.42 Å². The van der Waals surface area contributed by atoms with Crippen molar-refractivity contribution in [2.45, 2.75) is 19.9 Å². The molecule has 0 radical (unpaired) electrons. The molecule has 2 aromatic heterocycles. The Kier molecular flexibility index (Phi) is 8.38. The van der Waals surface area contributed by atoms with Gasteiger partial charge in [0.1, 0.15) is 5.76 Å². The average Bonchev–Trinajstić information content (AvgIpc) is 3.30. The first-order chi connectivity index (χ1) is 12.8. The number of aromatic nitrogens is 2. The van der Waals surface area contributed by atoms with Crippen LogP contribution in [-0.2, 0) is 20.0 Å². The van der Waals surface area contributed by atoms with Crippen LogP contribution in [0.4, 0.5) is 0 Å². The molecule has 144 valence electrons. The van der Waals surface area contributed by atoms with Gasteiger partial charge < -0.3 is 15.1 Å². The van der Waals surface area contributed by atoms with E-state index < -0.39 is 0 Å². The Morgan fingerprint density at radius 3 is 2.67 bits per heavy atom. The third-order valence-corrected chi connectivity index (χ3v) is 3.95. The number of nitrogens with zero attached hydrogens (tertiary/aromatic N) is 3. The standard InChI is InChI=1S/C20H25N5O.HI/c1-3-21-20(22-12-11-18-10-7-13-26-18)23-14-17-15-25(2)24-19(17)16-8-5-4-6-9-16;/h4-10,13,15H,3,11-12,14H2,1-2H3,(H2,21,22,23);1H. The summed E-state index contributed by atoms with van der Waals surface area (Å²) < 4.78 is 7.20. The van der Waals surface area contributed by atoms with E-state index >= 15 is 0 Å². The summed E-state index contributed by atoms with van der Waals surface area (Å²) in [6.07, 6.45) is 4.54. The Bertz CT molecular complexity index is 827. The van der Waals surface area contributed by atoms with E-state index in [0.717, 1.165) is 48.1 Å². The second kappa shape index (κ2) is 10.8. The van der Waals surface area contributed by atoms with Crippen LogP contribution in [0.3, 0.4) is 0 Å². The van der Waals surface area contributed by atoms with Crippen molar-refractivity contribution in [1.29, 1.82) is 0 Å². The van der Waals surface area contributed by atoms with Crippen LogP contribution in [0.1, 0.15) is 18.2 Å². The summed E-state index contributed by atoms with van der Waals surface area (Å²) in [7, 11) is 1.94. The van der Waals surface area contributed by atoms with E-state index in [1.165, 1.54) is 0 Å². The van der Waals surface area contributed by atoms with Crippen LogP contribution >= 0.6 is 24.0 Å². The minimum absolute atomic E-state index is 0. The molecule has 0 aliphatic carbocycles. The third kappa shape index (κ3) is 6.13. The van der Waals surface area contributed by atoms with Gasteiger partial charge in [0.15, 0.2) is 5.96 Å². The third-order valence-electron chi connectivity index (χ3n) is 3.95. The Hall–Kier alpha value is -2.29. The number of furan rings is 1. The molecule has 0 aliphatic rings. The van der Waals surface area contributed by atoms with Gasteiger partial charge in [0.05, 0.1) is 18.5 Å². The summed E-state index contributed by atoms with van der Waals surface area (Å²) in [5.74, 6) is 1.76. The highest BCUT2D eigenvalue weighted by atomic mass is 127. The minimum Gasteiger partial charge on any atom is -0.469 e. The molecule has 27 heavy (non-hydrogen) atoms. The summed E-state index contributed by atoms with van der Waals surface area (Å²) in [6.45, 7) is 4.19. The first-order valence-electron chi connectivity index (χ1n) is 8.88. The zero-order valence-electron chi connectivity index (χ0n) is 15.7. The highest BCUT2D eigenvalue weighted by Crippen LogP contribution is 2.22. The predicted octanol–water partition coefficient (Wildman–Crippen LogP) is 3.60. The van der Waals surface area contributed by atoms with Gasteiger partial charge in [0.25, 0.3) is 0 Å². The van der Waals surface area contributed by atoms with Gasteiger partial charge in [-0.15, -0.1) is 24.0 Å². The summed E-state index contributed by atoms with van der Waals surface area (Å²) in [5.41, 5.74) is 3.18. The molecule has 0 saturated heterocycles. The van der Waals surface area contributed by atoms with Crippen LogP contribution < -0.4 is 10.6 Å². The highest BCUT2D eigenvalue weighted by Gasteiger charge is 2.10. The topological polar surface area (TPSA) is 67.4 Å². The van der Waals surface area contributed by atoms with E-state index in [-0.39, 0.29) is 24.0 Å². The van der Waals surface area contributed by atoms with Gasteiger partial charge in [0.2, 0.25) is 0 Å². The van der Waals surface area contributed by atoms with Crippen molar-refractivity contribution in [3.63, 3.8) is 0 Å². The van der Waals surface area contributed by atoms with Gasteiger partial charge in [-0.05, 0) is 19.1 Å². The lowest BCUT2D eigenvalue weighted by Gasteiger charge is -2.10. The Labute approximate surface area is 177 Å². The lowest BCUT2D eigenvalue weighted by atomic mass is 10.1. The minimum atomic E-state index is 0. The fraction of sp³-hybridized carbons (Fsp3) is 0.300. The van der Waals surface area contributed by atoms with Crippen molar-refractivity contribution >= 4 is 29.9 Å². The Morgan fingerprint density at radius 1 is 1.15 bits per heavy atom. The molecule has 0 unspecified atom stereocenters. The van der Waals surface area contributed by atoms with Crippen molar-refractivity contribution in [2.24, 2.45) is 12.0 Å². The first kappa shape index (κ1) is 21.0. The molecule has 0 fully saturated rings. The van der Waals surface area contributed by atoms with E-state index in [4.69, 9.17) is 9.41 Å². The molecule has 0 atom stereocenters. The molecule has 3 rings (SSSR count). The quantitative estimate of drug-likeness (QED) is 0.309. The molecule has 7 heteroatoms. The number of halogens is 1. The summed E-state index contributed by atoms with van der Waals surface area (Å²) in [4.78, 5) is 4.71. The van der Waals surface area contributed by atoms with E-state index in [2.05, 4.69) is 34.8 Å². The largest absolute Gasteiger partial charge is 0.469 e. The molecule has 6 nitrogen and oxygen atoms in total. The van der Waals surface area contributed by atoms with Crippen LogP contribution in [0.2, 0.25) is 0 Å². The van der Waals surface area contributed by atoms with Crippen LogP contribution in [-0.4, -0.2) is 28.8 Å². The van der Waals surface area contributed by atoms with Crippen molar-refractivity contribution in [2.75, 3.05) is 13.1 Å². The van der Waals surface area contributed by atoms with Crippen molar-refractivity contribution in [1.82, 2.24) is 20.4 Å². The van der Waals surface area contributed by atoms with Gasteiger partial charge in [-0.25, -0.2) is 4.99 Å². The number of guanidine groups is 1. The zero-order chi connectivity index (χ0) is 18.2. The van der Waals surface area contributed by atoms with E-state index in [1.807, 2.05) is 48.3 Å². The molecule has 3 aromatic rings. The fourth-order valence-electron chi connectivity index (χ4n) is 2.76. The lowest BCUT2D eigenvalue weighted by Crippen LogP contribution is -2.38. The molecular weight excluding hydrogens is 453 g/mol. The van der Waals surface area contributed by atoms with Crippen LogP contribution in [0.5, 0.6) is 0 Å². The maximum Gasteiger partial charge on any atom is 0.191 e. The van der Waals surface area contributed by atoms with Gasteiger partial charge in [-0.3, -0.25) is 4.68 Å². The van der Waals surface area contributed by atoms with Crippen molar-refractivity contribution in [3.8, 4) is 11.3 Å². The van der Waals surface area contributed by atoms with Crippen molar-refractivity contribution in [3.05, 3.63) is 66.2 Å². The number of rotatable bonds is 7. The van der Waals surface area contributed by atoms with Gasteiger partial charge in [0, 0.05) is 43.9 Å². The zero-order valence-corrected chi connectivity index (χ0v) is 18.0. The summed E-state index contributed by atoms with van der Waals surface area (Å²) >= 11 is 0. The number of nitrogens with one attached hydrogen (secondary N) is 2. The summed E-state index contributed by atoms with van der Waals surface area (Å²) in [5, 5.41) is 11.2. The van der Waals surface area contributed by atoms with E-state index in [9.17, 15) is 0 Å². The molecule has 0 amide bonds. The number of benzene rings is 1. The Morgan fingerprint density at radius 2 is 1.96 bits per heavy atom. The van der Waals surface area contributed by atoms with Gasteiger partial charge >= 0.3 is 0 Å². The number of aryl methyl sites for hydroxylation is 1. The maximum atomic E-state index is 5.36. The molecule has 0 saturated carbocycles. The van der Waals surface area contributed by atoms with Gasteiger partial charge in [-0.2, -0.15) is 5.10 Å². The smallest absolute Gasteiger partial charge is 0.191 e. The normalized spacial score (nSPS) is 11.1. The highest BCUT2D eigenvalue weighted by molar-refractivity contribution is 14.0. The molecule has 2 heterocycles. The first-order valence-corrected chi connectivity index (χ1v) is 8.88. The molecule has 1 aromatic carbocycles. The fourth-order valence-corrected chi connectivity index (χ4v) is 2.76. The predicted molar refractivity (Wildman–Crippen MR) is 119 cm³/mol. The maximum absolute atomic E-state index is 5.36. The number of aliphatic imine (C=N–C) groups is 1. The van der Waals surface area contributed by atoms with E-state index in [1.54, 1.807) is 6.26 Å². The second-order valence-electron chi connectivity index (χ2n) is 5.99. The lowest BCUT2D eigenvalue weighted by molar-refractivity contribution is 0.507. The van der Waals surface area contributed by atoms with Crippen LogP contribution in [0, 0.1) is 0 Å². The van der Waals surface area contributed by atoms with Crippen LogP contribution in [0.25, 0.3) is 11.3 Å². The number of hydrogen-bond donors (Lipinski definition) is 2. The molecule has 0 spiro atoms. The SMILES string of the molecule is CCNC(=NCc1cn(C)nc1-c1ccccc1)NCCc1ccco1.I.